The van der Waals surface area contributed by atoms with E-state index in [1.54, 1.807) is 36.5 Å². The number of aliphatic hydroxyl groups excluding tert-OH is 1. The van der Waals surface area contributed by atoms with Gasteiger partial charge in [0.1, 0.15) is 12.4 Å². The van der Waals surface area contributed by atoms with Gasteiger partial charge in [-0.3, -0.25) is 9.78 Å². The predicted octanol–water partition coefficient (Wildman–Crippen LogP) is 2.39. The van der Waals surface area contributed by atoms with E-state index in [1.807, 2.05) is 19.1 Å². The van der Waals surface area contributed by atoms with Crippen LogP contribution in [-0.2, 0) is 6.61 Å². The zero-order valence-corrected chi connectivity index (χ0v) is 11.6. The van der Waals surface area contributed by atoms with Gasteiger partial charge < -0.3 is 14.4 Å². The first-order chi connectivity index (χ1) is 9.67. The van der Waals surface area contributed by atoms with E-state index in [-0.39, 0.29) is 24.3 Å². The molecule has 5 heteroatoms. The minimum Gasteiger partial charge on any atom is -0.453 e. The molecule has 0 saturated carbocycles. The van der Waals surface area contributed by atoms with Crippen molar-refractivity contribution in [2.45, 2.75) is 26.0 Å². The number of aromatic nitrogens is 1. The van der Waals surface area contributed by atoms with Gasteiger partial charge >= 0.3 is 0 Å². The van der Waals surface area contributed by atoms with Crippen LogP contribution in [0.2, 0.25) is 0 Å². The summed E-state index contributed by atoms with van der Waals surface area (Å²) in [6.07, 6.45) is 4.25. The standard InChI is InChI=1S/C15H18N2O3/c1-3-13(11-5-4-8-16-9-11)17(2)15(19)14-7-6-12(10-18)20-14/h4-9,13,18H,3,10H2,1-2H3. The van der Waals surface area contributed by atoms with Crippen molar-refractivity contribution in [1.82, 2.24) is 9.88 Å². The first kappa shape index (κ1) is 14.3. The summed E-state index contributed by atoms with van der Waals surface area (Å²) < 4.78 is 5.29. The fraction of sp³-hybridized carbons (Fsp3) is 0.333. The molecule has 0 aromatic carbocycles. The molecule has 0 bridgehead atoms. The third-order valence-corrected chi connectivity index (χ3v) is 3.27. The lowest BCUT2D eigenvalue weighted by molar-refractivity contribution is 0.0689. The highest BCUT2D eigenvalue weighted by Gasteiger charge is 2.23. The average Bonchev–Trinajstić information content (AvgIpc) is 2.97. The fourth-order valence-corrected chi connectivity index (χ4v) is 2.20. The number of hydrogen-bond donors (Lipinski definition) is 1. The number of carbonyl (C=O) groups excluding carboxylic acids is 1. The summed E-state index contributed by atoms with van der Waals surface area (Å²) in [6.45, 7) is 1.81. The second-order valence-corrected chi connectivity index (χ2v) is 4.55. The zero-order valence-electron chi connectivity index (χ0n) is 11.6. The molecule has 1 atom stereocenters. The maximum Gasteiger partial charge on any atom is 0.289 e. The monoisotopic (exact) mass is 274 g/mol. The van der Waals surface area contributed by atoms with Crippen LogP contribution in [0.15, 0.2) is 41.1 Å². The van der Waals surface area contributed by atoms with Crippen molar-refractivity contribution < 1.29 is 14.3 Å². The number of rotatable bonds is 5. The second-order valence-electron chi connectivity index (χ2n) is 4.55. The van der Waals surface area contributed by atoms with E-state index in [1.165, 1.54) is 0 Å². The Kier molecular flexibility index (Phi) is 4.53. The number of furan rings is 1. The molecule has 1 N–H and O–H groups in total. The van der Waals surface area contributed by atoms with Crippen LogP contribution in [0.1, 0.15) is 41.3 Å². The zero-order chi connectivity index (χ0) is 14.5. The fourth-order valence-electron chi connectivity index (χ4n) is 2.20. The molecule has 106 valence electrons. The topological polar surface area (TPSA) is 66.6 Å². The van der Waals surface area contributed by atoms with Crippen molar-refractivity contribution in [3.8, 4) is 0 Å². The molecule has 5 nitrogen and oxygen atoms in total. The smallest absolute Gasteiger partial charge is 0.289 e. The van der Waals surface area contributed by atoms with Crippen LogP contribution in [0, 0.1) is 0 Å². The first-order valence-corrected chi connectivity index (χ1v) is 6.54. The second kappa shape index (κ2) is 6.34. The maximum atomic E-state index is 12.4. The van der Waals surface area contributed by atoms with Gasteiger partial charge in [0.25, 0.3) is 5.91 Å². The Morgan fingerprint density at radius 1 is 1.45 bits per heavy atom. The normalized spacial score (nSPS) is 12.2. The van der Waals surface area contributed by atoms with Crippen LogP contribution in [0.5, 0.6) is 0 Å². The van der Waals surface area contributed by atoms with Crippen molar-refractivity contribution in [3.63, 3.8) is 0 Å². The molecule has 1 amide bonds. The van der Waals surface area contributed by atoms with Gasteiger partial charge in [0, 0.05) is 19.4 Å². The maximum absolute atomic E-state index is 12.4. The summed E-state index contributed by atoms with van der Waals surface area (Å²) in [5, 5.41) is 8.98. The number of amides is 1. The van der Waals surface area contributed by atoms with E-state index in [2.05, 4.69) is 4.98 Å². The van der Waals surface area contributed by atoms with Gasteiger partial charge in [-0.2, -0.15) is 0 Å². The highest BCUT2D eigenvalue weighted by atomic mass is 16.4. The van der Waals surface area contributed by atoms with Crippen LogP contribution in [0.3, 0.4) is 0 Å². The average molecular weight is 274 g/mol. The number of nitrogens with zero attached hydrogens (tertiary/aromatic N) is 2. The highest BCUT2D eigenvalue weighted by molar-refractivity contribution is 5.91. The van der Waals surface area contributed by atoms with Crippen LogP contribution in [0.4, 0.5) is 0 Å². The molecule has 2 aromatic heterocycles. The number of pyridine rings is 1. The Labute approximate surface area is 117 Å². The van der Waals surface area contributed by atoms with Crippen molar-refractivity contribution in [1.29, 1.82) is 0 Å². The Bertz CT molecular complexity index is 566. The highest BCUT2D eigenvalue weighted by Crippen LogP contribution is 2.24. The van der Waals surface area contributed by atoms with Crippen LogP contribution in [-0.4, -0.2) is 27.9 Å². The van der Waals surface area contributed by atoms with E-state index in [9.17, 15) is 4.79 Å². The van der Waals surface area contributed by atoms with Crippen LogP contribution < -0.4 is 0 Å². The van der Waals surface area contributed by atoms with E-state index in [0.29, 0.717) is 5.76 Å². The molecule has 2 rings (SSSR count). The van der Waals surface area contributed by atoms with Crippen molar-refractivity contribution in [2.75, 3.05) is 7.05 Å². The first-order valence-electron chi connectivity index (χ1n) is 6.54. The van der Waals surface area contributed by atoms with Crippen LogP contribution >= 0.6 is 0 Å². The third-order valence-electron chi connectivity index (χ3n) is 3.27. The van der Waals surface area contributed by atoms with Gasteiger partial charge in [-0.05, 0) is 30.2 Å². The van der Waals surface area contributed by atoms with Crippen LogP contribution in [0.25, 0.3) is 0 Å². The molecule has 20 heavy (non-hydrogen) atoms. The summed E-state index contributed by atoms with van der Waals surface area (Å²) in [4.78, 5) is 18.1. The lowest BCUT2D eigenvalue weighted by atomic mass is 10.1. The van der Waals surface area contributed by atoms with Gasteiger partial charge in [-0.25, -0.2) is 0 Å². The summed E-state index contributed by atoms with van der Waals surface area (Å²) in [5.74, 6) is 0.412. The lowest BCUT2D eigenvalue weighted by Crippen LogP contribution is -2.30. The summed E-state index contributed by atoms with van der Waals surface area (Å²) in [5.41, 5.74) is 0.986. The Balaban J connectivity index is 2.20. The van der Waals surface area contributed by atoms with Gasteiger partial charge in [0.15, 0.2) is 5.76 Å². The van der Waals surface area contributed by atoms with Crippen molar-refractivity contribution in [2.24, 2.45) is 0 Å². The molecule has 0 aliphatic carbocycles. The minimum atomic E-state index is -0.212. The Hall–Kier alpha value is -2.14. The largest absolute Gasteiger partial charge is 0.453 e. The molecule has 0 radical (unpaired) electrons. The van der Waals surface area contributed by atoms with Gasteiger partial charge in [0.05, 0.1) is 6.04 Å². The molecule has 2 heterocycles. The van der Waals surface area contributed by atoms with E-state index in [4.69, 9.17) is 9.52 Å². The summed E-state index contributed by atoms with van der Waals surface area (Å²) in [6, 6.07) is 6.94. The predicted molar refractivity (Wildman–Crippen MR) is 74.0 cm³/mol. The molecule has 0 fully saturated rings. The quantitative estimate of drug-likeness (QED) is 0.909. The molecule has 0 aliphatic rings. The minimum absolute atomic E-state index is 0.0566. The van der Waals surface area contributed by atoms with Gasteiger partial charge in [-0.15, -0.1) is 0 Å². The molecule has 2 aromatic rings. The van der Waals surface area contributed by atoms with Crippen molar-refractivity contribution >= 4 is 5.91 Å². The summed E-state index contributed by atoms with van der Waals surface area (Å²) >= 11 is 0. The van der Waals surface area contributed by atoms with Gasteiger partial charge in [-0.1, -0.05) is 13.0 Å². The lowest BCUT2D eigenvalue weighted by Gasteiger charge is -2.26. The summed E-state index contributed by atoms with van der Waals surface area (Å²) in [7, 11) is 1.74. The molecular weight excluding hydrogens is 256 g/mol. The molecule has 0 saturated heterocycles. The van der Waals surface area contributed by atoms with E-state index < -0.39 is 0 Å². The Morgan fingerprint density at radius 2 is 2.25 bits per heavy atom. The van der Waals surface area contributed by atoms with E-state index in [0.717, 1.165) is 12.0 Å². The molecule has 0 spiro atoms. The SMILES string of the molecule is CCC(c1cccnc1)N(C)C(=O)c1ccc(CO)o1. The van der Waals surface area contributed by atoms with Gasteiger partial charge in [0.2, 0.25) is 0 Å². The third kappa shape index (κ3) is 2.88. The molecular formula is C15H18N2O3. The van der Waals surface area contributed by atoms with Crippen molar-refractivity contribution in [3.05, 3.63) is 53.7 Å². The van der Waals surface area contributed by atoms with E-state index >= 15 is 0 Å². The number of hydrogen-bond acceptors (Lipinski definition) is 4. The molecule has 1 unspecified atom stereocenters. The molecule has 0 aliphatic heterocycles. The number of aliphatic hydroxyl groups is 1. The Morgan fingerprint density at radius 3 is 2.80 bits per heavy atom. The number of carbonyl (C=O) groups is 1.